The summed E-state index contributed by atoms with van der Waals surface area (Å²) in [6, 6.07) is 9.99. The van der Waals surface area contributed by atoms with Crippen LogP contribution in [0.2, 0.25) is 0 Å². The minimum absolute atomic E-state index is 0.196. The van der Waals surface area contributed by atoms with Gasteiger partial charge in [-0.25, -0.2) is 4.39 Å². The van der Waals surface area contributed by atoms with E-state index in [2.05, 4.69) is 5.32 Å². The quantitative estimate of drug-likeness (QED) is 0.759. The molecular weight excluding hydrogens is 347 g/mol. The molecule has 0 fully saturated rings. The first-order valence-corrected chi connectivity index (χ1v) is 8.92. The molecule has 2 aromatic rings. The van der Waals surface area contributed by atoms with Crippen LogP contribution in [0, 0.1) is 12.7 Å². The molecule has 1 atom stereocenters. The average Bonchev–Trinajstić information content (AvgIpc) is 2.65. The molecular formula is C21H27FN2O3. The third-order valence-corrected chi connectivity index (χ3v) is 4.44. The van der Waals surface area contributed by atoms with Gasteiger partial charge < -0.3 is 14.8 Å². The number of rotatable bonds is 8. The minimum Gasteiger partial charge on any atom is -0.493 e. The van der Waals surface area contributed by atoms with Gasteiger partial charge in [-0.1, -0.05) is 12.1 Å². The van der Waals surface area contributed by atoms with E-state index in [9.17, 15) is 9.18 Å². The standard InChI is InChI=1S/C21H27FN2O3/c1-6-27-19-10-8-16(11-20(19)26-5)13-24(4)15(3)21(25)23-17-9-7-14(2)18(22)12-17/h7-12,15H,6,13H2,1-5H3,(H,23,25)/t15-/m0/s1. The van der Waals surface area contributed by atoms with Gasteiger partial charge in [0.2, 0.25) is 5.91 Å². The van der Waals surface area contributed by atoms with Gasteiger partial charge >= 0.3 is 0 Å². The van der Waals surface area contributed by atoms with Crippen molar-refractivity contribution in [3.05, 3.63) is 53.3 Å². The van der Waals surface area contributed by atoms with Gasteiger partial charge in [-0.3, -0.25) is 9.69 Å². The highest BCUT2D eigenvalue weighted by molar-refractivity contribution is 5.94. The highest BCUT2D eigenvalue weighted by atomic mass is 19.1. The van der Waals surface area contributed by atoms with E-state index in [1.54, 1.807) is 26.2 Å². The van der Waals surface area contributed by atoms with E-state index >= 15 is 0 Å². The smallest absolute Gasteiger partial charge is 0.241 e. The van der Waals surface area contributed by atoms with Gasteiger partial charge in [0.05, 0.1) is 19.8 Å². The summed E-state index contributed by atoms with van der Waals surface area (Å²) in [5, 5.41) is 2.76. The molecule has 0 bridgehead atoms. The number of carbonyl (C=O) groups is 1. The molecule has 1 N–H and O–H groups in total. The molecule has 0 spiro atoms. The summed E-state index contributed by atoms with van der Waals surface area (Å²) in [7, 11) is 3.46. The first kappa shape index (κ1) is 20.7. The average molecular weight is 374 g/mol. The Bertz CT molecular complexity index is 795. The molecule has 0 saturated carbocycles. The molecule has 0 aliphatic carbocycles. The van der Waals surface area contributed by atoms with Crippen LogP contribution in [-0.4, -0.2) is 37.6 Å². The van der Waals surface area contributed by atoms with Crippen LogP contribution in [0.4, 0.5) is 10.1 Å². The topological polar surface area (TPSA) is 50.8 Å². The number of likely N-dealkylation sites (N-methyl/N-ethyl adjacent to an activating group) is 1. The summed E-state index contributed by atoms with van der Waals surface area (Å²) in [5.74, 6) is 0.822. The molecule has 0 aliphatic rings. The SMILES string of the molecule is CCOc1ccc(CN(C)[C@@H](C)C(=O)Nc2ccc(C)c(F)c2)cc1OC. The maximum Gasteiger partial charge on any atom is 0.241 e. The lowest BCUT2D eigenvalue weighted by atomic mass is 10.1. The van der Waals surface area contributed by atoms with Gasteiger partial charge in [-0.15, -0.1) is 0 Å². The van der Waals surface area contributed by atoms with Crippen molar-refractivity contribution in [1.29, 1.82) is 0 Å². The molecule has 0 aliphatic heterocycles. The van der Waals surface area contributed by atoms with Crippen molar-refractivity contribution < 1.29 is 18.7 Å². The molecule has 0 heterocycles. The van der Waals surface area contributed by atoms with E-state index in [1.807, 2.05) is 44.0 Å². The van der Waals surface area contributed by atoms with Crippen molar-refractivity contribution in [1.82, 2.24) is 4.90 Å². The number of nitrogens with zero attached hydrogens (tertiary/aromatic N) is 1. The van der Waals surface area contributed by atoms with Crippen molar-refractivity contribution >= 4 is 11.6 Å². The van der Waals surface area contributed by atoms with Gasteiger partial charge in [-0.05, 0) is 63.2 Å². The number of nitrogens with one attached hydrogen (secondary N) is 1. The van der Waals surface area contributed by atoms with Crippen molar-refractivity contribution in [3.8, 4) is 11.5 Å². The van der Waals surface area contributed by atoms with Gasteiger partial charge in [0.25, 0.3) is 0 Å². The lowest BCUT2D eigenvalue weighted by molar-refractivity contribution is -0.120. The van der Waals surface area contributed by atoms with E-state index in [0.717, 1.165) is 5.56 Å². The van der Waals surface area contributed by atoms with Gasteiger partial charge in [0, 0.05) is 12.2 Å². The molecule has 0 saturated heterocycles. The lowest BCUT2D eigenvalue weighted by Crippen LogP contribution is -2.39. The summed E-state index contributed by atoms with van der Waals surface area (Å²) in [4.78, 5) is 14.4. The number of carbonyl (C=O) groups excluding carboxylic acids is 1. The van der Waals surface area contributed by atoms with Crippen LogP contribution in [0.3, 0.4) is 0 Å². The molecule has 0 unspecified atom stereocenters. The molecule has 2 rings (SSSR count). The number of methoxy groups -OCH3 is 1. The molecule has 5 nitrogen and oxygen atoms in total. The molecule has 27 heavy (non-hydrogen) atoms. The Kier molecular flexibility index (Phi) is 7.19. The van der Waals surface area contributed by atoms with Crippen molar-refractivity contribution in [2.75, 3.05) is 26.1 Å². The van der Waals surface area contributed by atoms with Crippen molar-refractivity contribution in [3.63, 3.8) is 0 Å². The van der Waals surface area contributed by atoms with Gasteiger partial charge in [0.1, 0.15) is 5.82 Å². The second-order valence-electron chi connectivity index (χ2n) is 6.46. The fourth-order valence-electron chi connectivity index (χ4n) is 2.63. The number of hydrogen-bond donors (Lipinski definition) is 1. The Morgan fingerprint density at radius 2 is 1.96 bits per heavy atom. The minimum atomic E-state index is -0.396. The molecule has 6 heteroatoms. The van der Waals surface area contributed by atoms with Crippen LogP contribution < -0.4 is 14.8 Å². The second kappa shape index (κ2) is 9.37. The van der Waals surface area contributed by atoms with Crippen LogP contribution >= 0.6 is 0 Å². The van der Waals surface area contributed by atoms with Crippen LogP contribution in [0.5, 0.6) is 11.5 Å². The highest BCUT2D eigenvalue weighted by Crippen LogP contribution is 2.28. The van der Waals surface area contributed by atoms with Crippen LogP contribution in [0.1, 0.15) is 25.0 Å². The Morgan fingerprint density at radius 1 is 1.22 bits per heavy atom. The Labute approximate surface area is 160 Å². The zero-order chi connectivity index (χ0) is 20.0. The van der Waals surface area contributed by atoms with Crippen LogP contribution in [0.25, 0.3) is 0 Å². The number of aryl methyl sites for hydroxylation is 1. The fraction of sp³-hybridized carbons (Fsp3) is 0.381. The van der Waals surface area contributed by atoms with Crippen LogP contribution in [-0.2, 0) is 11.3 Å². The number of amides is 1. The normalized spacial score (nSPS) is 12.0. The number of anilines is 1. The third kappa shape index (κ3) is 5.44. The molecule has 146 valence electrons. The molecule has 1 amide bonds. The summed E-state index contributed by atoms with van der Waals surface area (Å²) < 4.78 is 24.5. The second-order valence-corrected chi connectivity index (χ2v) is 6.46. The van der Waals surface area contributed by atoms with E-state index in [0.29, 0.717) is 35.9 Å². The van der Waals surface area contributed by atoms with E-state index in [-0.39, 0.29) is 11.7 Å². The maximum absolute atomic E-state index is 13.7. The van der Waals surface area contributed by atoms with E-state index in [4.69, 9.17) is 9.47 Å². The number of ether oxygens (including phenoxy) is 2. The predicted octanol–water partition coefficient (Wildman–Crippen LogP) is 4.00. The van der Waals surface area contributed by atoms with Crippen LogP contribution in [0.15, 0.2) is 36.4 Å². The van der Waals surface area contributed by atoms with Crippen molar-refractivity contribution in [2.24, 2.45) is 0 Å². The summed E-state index contributed by atoms with van der Waals surface area (Å²) in [6.07, 6.45) is 0. The first-order valence-electron chi connectivity index (χ1n) is 8.92. The fourth-order valence-corrected chi connectivity index (χ4v) is 2.63. The van der Waals surface area contributed by atoms with E-state index < -0.39 is 6.04 Å². The Morgan fingerprint density at radius 3 is 2.59 bits per heavy atom. The number of halogens is 1. The summed E-state index contributed by atoms with van der Waals surface area (Å²) >= 11 is 0. The molecule has 0 aromatic heterocycles. The predicted molar refractivity (Wildman–Crippen MR) is 105 cm³/mol. The monoisotopic (exact) mass is 374 g/mol. The zero-order valence-corrected chi connectivity index (χ0v) is 16.5. The van der Waals surface area contributed by atoms with Crippen molar-refractivity contribution in [2.45, 2.75) is 33.4 Å². The molecule has 2 aromatic carbocycles. The van der Waals surface area contributed by atoms with Gasteiger partial charge in [-0.2, -0.15) is 0 Å². The Hall–Kier alpha value is -2.60. The summed E-state index contributed by atoms with van der Waals surface area (Å²) in [6.45, 7) is 6.53. The number of benzene rings is 2. The van der Waals surface area contributed by atoms with E-state index in [1.165, 1.54) is 6.07 Å². The van der Waals surface area contributed by atoms with Gasteiger partial charge in [0.15, 0.2) is 11.5 Å². The Balaban J connectivity index is 2.02. The third-order valence-electron chi connectivity index (χ3n) is 4.44. The zero-order valence-electron chi connectivity index (χ0n) is 16.5. The first-order chi connectivity index (χ1) is 12.8. The maximum atomic E-state index is 13.7. The number of hydrogen-bond acceptors (Lipinski definition) is 4. The lowest BCUT2D eigenvalue weighted by Gasteiger charge is -2.24. The molecule has 0 radical (unpaired) electrons. The highest BCUT2D eigenvalue weighted by Gasteiger charge is 2.19. The largest absolute Gasteiger partial charge is 0.493 e. The summed E-state index contributed by atoms with van der Waals surface area (Å²) in [5.41, 5.74) is 1.99.